The summed E-state index contributed by atoms with van der Waals surface area (Å²) in [6, 6.07) is 10.1. The van der Waals surface area contributed by atoms with Crippen LogP contribution < -0.4 is 19.5 Å². The van der Waals surface area contributed by atoms with Crippen molar-refractivity contribution in [2.45, 2.75) is 6.54 Å². The van der Waals surface area contributed by atoms with Crippen molar-refractivity contribution in [3.05, 3.63) is 63.7 Å². The van der Waals surface area contributed by atoms with Crippen LogP contribution in [0, 0.1) is 10.1 Å². The van der Waals surface area contributed by atoms with E-state index in [0.717, 1.165) is 5.56 Å². The molecule has 0 unspecified atom stereocenters. The Morgan fingerprint density at radius 2 is 2.04 bits per heavy atom. The van der Waals surface area contributed by atoms with Gasteiger partial charge in [0.2, 0.25) is 12.7 Å². The maximum absolute atomic E-state index is 12.0. The average Bonchev–Trinajstić information content (AvgIpc) is 3.11. The van der Waals surface area contributed by atoms with Gasteiger partial charge in [-0.2, -0.15) is 0 Å². The van der Waals surface area contributed by atoms with Crippen LogP contribution in [0.1, 0.15) is 11.1 Å². The number of nitrogens with zero attached hydrogens (tertiary/aromatic N) is 1. The van der Waals surface area contributed by atoms with Gasteiger partial charge in [-0.05, 0) is 18.2 Å². The third kappa shape index (κ3) is 3.75. The number of fused-ring (bicyclic) bond motifs is 1. The van der Waals surface area contributed by atoms with E-state index in [1.807, 2.05) is 18.2 Å². The van der Waals surface area contributed by atoms with Crippen molar-refractivity contribution < 1.29 is 23.9 Å². The molecule has 8 heteroatoms. The predicted octanol–water partition coefficient (Wildman–Crippen LogP) is 2.66. The number of nitro benzene ring substituents is 1. The summed E-state index contributed by atoms with van der Waals surface area (Å²) < 4.78 is 15.6. The molecule has 1 N–H and O–H groups in total. The topological polar surface area (TPSA) is 99.9 Å². The molecule has 0 radical (unpaired) electrons. The molecule has 0 atom stereocenters. The minimum atomic E-state index is -0.533. The third-order valence-electron chi connectivity index (χ3n) is 3.78. The molecular formula is C18H16N2O6. The van der Waals surface area contributed by atoms with Crippen LogP contribution in [0.2, 0.25) is 0 Å². The molecule has 1 heterocycles. The van der Waals surface area contributed by atoms with Crippen LogP contribution in [0.5, 0.6) is 17.2 Å². The Morgan fingerprint density at radius 1 is 1.31 bits per heavy atom. The van der Waals surface area contributed by atoms with Crippen molar-refractivity contribution >= 4 is 17.7 Å². The Hall–Kier alpha value is -3.55. The summed E-state index contributed by atoms with van der Waals surface area (Å²) >= 11 is 0. The maximum atomic E-state index is 12.0. The number of nitro groups is 1. The van der Waals surface area contributed by atoms with Crippen LogP contribution in [-0.2, 0) is 11.3 Å². The molecule has 0 saturated carbocycles. The summed E-state index contributed by atoms with van der Waals surface area (Å²) in [5.41, 5.74) is 0.917. The number of hydrogen-bond donors (Lipinski definition) is 1. The van der Waals surface area contributed by atoms with Crippen molar-refractivity contribution in [2.24, 2.45) is 0 Å². The molecule has 134 valence electrons. The molecule has 2 aromatic rings. The molecule has 8 nitrogen and oxygen atoms in total. The van der Waals surface area contributed by atoms with Crippen LogP contribution >= 0.6 is 0 Å². The van der Waals surface area contributed by atoms with Crippen LogP contribution in [-0.4, -0.2) is 24.7 Å². The first kappa shape index (κ1) is 17.3. The zero-order valence-electron chi connectivity index (χ0n) is 13.9. The van der Waals surface area contributed by atoms with Gasteiger partial charge in [0, 0.05) is 18.2 Å². The van der Waals surface area contributed by atoms with Gasteiger partial charge in [-0.15, -0.1) is 0 Å². The van der Waals surface area contributed by atoms with E-state index in [1.54, 1.807) is 13.2 Å². The van der Waals surface area contributed by atoms with E-state index in [-0.39, 0.29) is 30.5 Å². The highest BCUT2D eigenvalue weighted by atomic mass is 16.7. The van der Waals surface area contributed by atoms with E-state index in [1.165, 1.54) is 24.3 Å². The fourth-order valence-corrected chi connectivity index (χ4v) is 2.49. The first-order valence-electron chi connectivity index (χ1n) is 7.74. The molecule has 0 bridgehead atoms. The van der Waals surface area contributed by atoms with Crippen molar-refractivity contribution in [1.82, 2.24) is 5.32 Å². The van der Waals surface area contributed by atoms with Crippen molar-refractivity contribution in [3.8, 4) is 17.2 Å². The van der Waals surface area contributed by atoms with E-state index < -0.39 is 4.92 Å². The third-order valence-corrected chi connectivity index (χ3v) is 3.78. The lowest BCUT2D eigenvalue weighted by Crippen LogP contribution is -2.20. The Morgan fingerprint density at radius 3 is 2.77 bits per heavy atom. The van der Waals surface area contributed by atoms with Gasteiger partial charge in [-0.25, -0.2) is 0 Å². The fraction of sp³-hybridized carbons (Fsp3) is 0.167. The van der Waals surface area contributed by atoms with E-state index in [9.17, 15) is 14.9 Å². The normalized spacial score (nSPS) is 12.2. The number of para-hydroxylation sites is 1. The van der Waals surface area contributed by atoms with Crippen LogP contribution in [0.3, 0.4) is 0 Å². The SMILES string of the molecule is COc1ccccc1CNC(=O)/C=C/c1cc2c(cc1[N+](=O)[O-])OCO2. The van der Waals surface area contributed by atoms with Crippen LogP contribution in [0.25, 0.3) is 6.08 Å². The molecule has 0 spiro atoms. The number of nitrogens with one attached hydrogen (secondary N) is 1. The lowest BCUT2D eigenvalue weighted by Gasteiger charge is -2.08. The van der Waals surface area contributed by atoms with E-state index >= 15 is 0 Å². The lowest BCUT2D eigenvalue weighted by molar-refractivity contribution is -0.385. The number of carbonyl (C=O) groups excluding carboxylic acids is 1. The zero-order valence-corrected chi connectivity index (χ0v) is 13.9. The Bertz CT molecular complexity index is 878. The van der Waals surface area contributed by atoms with Gasteiger partial charge in [0.25, 0.3) is 5.69 Å². The lowest BCUT2D eigenvalue weighted by atomic mass is 10.1. The molecule has 0 fully saturated rings. The van der Waals surface area contributed by atoms with Gasteiger partial charge in [0.05, 0.1) is 23.7 Å². The first-order valence-corrected chi connectivity index (χ1v) is 7.74. The Kier molecular flexibility index (Phi) is 5.02. The molecule has 0 aliphatic carbocycles. The highest BCUT2D eigenvalue weighted by Crippen LogP contribution is 2.38. The van der Waals surface area contributed by atoms with Crippen LogP contribution in [0.15, 0.2) is 42.5 Å². The largest absolute Gasteiger partial charge is 0.496 e. The van der Waals surface area contributed by atoms with E-state index in [4.69, 9.17) is 14.2 Å². The molecule has 3 rings (SSSR count). The molecule has 26 heavy (non-hydrogen) atoms. The smallest absolute Gasteiger partial charge is 0.280 e. The Balaban J connectivity index is 1.71. The summed E-state index contributed by atoms with van der Waals surface area (Å²) in [6.45, 7) is 0.287. The van der Waals surface area contributed by atoms with Crippen LogP contribution in [0.4, 0.5) is 5.69 Å². The molecule has 1 amide bonds. The number of ether oxygens (including phenoxy) is 3. The van der Waals surface area contributed by atoms with E-state index in [2.05, 4.69) is 5.32 Å². The number of rotatable bonds is 6. The van der Waals surface area contributed by atoms with Gasteiger partial charge in [0.15, 0.2) is 11.5 Å². The number of methoxy groups -OCH3 is 1. The summed E-state index contributed by atoms with van der Waals surface area (Å²) in [4.78, 5) is 22.7. The standard InChI is InChI=1S/C18H16N2O6/c1-24-15-5-3-2-4-13(15)10-19-18(21)7-6-12-8-16-17(26-11-25-16)9-14(12)20(22)23/h2-9H,10-11H2,1H3,(H,19,21)/b7-6+. The molecule has 1 aliphatic rings. The predicted molar refractivity (Wildman–Crippen MR) is 93.1 cm³/mol. The van der Waals surface area contributed by atoms with Gasteiger partial charge in [-0.3, -0.25) is 14.9 Å². The first-order chi connectivity index (χ1) is 12.6. The van der Waals surface area contributed by atoms with Gasteiger partial charge < -0.3 is 19.5 Å². The Labute approximate surface area is 149 Å². The minimum absolute atomic E-state index is 0.0129. The van der Waals surface area contributed by atoms with Crippen molar-refractivity contribution in [3.63, 3.8) is 0 Å². The second-order valence-electron chi connectivity index (χ2n) is 5.38. The average molecular weight is 356 g/mol. The number of carbonyl (C=O) groups is 1. The summed E-state index contributed by atoms with van der Waals surface area (Å²) in [5, 5.41) is 13.9. The van der Waals surface area contributed by atoms with Crippen molar-refractivity contribution in [2.75, 3.05) is 13.9 Å². The highest BCUT2D eigenvalue weighted by molar-refractivity contribution is 5.92. The fourth-order valence-electron chi connectivity index (χ4n) is 2.49. The van der Waals surface area contributed by atoms with E-state index in [0.29, 0.717) is 17.2 Å². The molecule has 1 aliphatic heterocycles. The maximum Gasteiger partial charge on any atom is 0.280 e. The van der Waals surface area contributed by atoms with Gasteiger partial charge >= 0.3 is 0 Å². The highest BCUT2D eigenvalue weighted by Gasteiger charge is 2.22. The van der Waals surface area contributed by atoms with Gasteiger partial charge in [-0.1, -0.05) is 18.2 Å². The number of hydrogen-bond acceptors (Lipinski definition) is 6. The van der Waals surface area contributed by atoms with Crippen molar-refractivity contribution in [1.29, 1.82) is 0 Å². The summed E-state index contributed by atoms with van der Waals surface area (Å²) in [6.07, 6.45) is 2.61. The summed E-state index contributed by atoms with van der Waals surface area (Å²) in [7, 11) is 1.55. The quantitative estimate of drug-likeness (QED) is 0.485. The second-order valence-corrected chi connectivity index (χ2v) is 5.38. The monoisotopic (exact) mass is 356 g/mol. The minimum Gasteiger partial charge on any atom is -0.496 e. The zero-order chi connectivity index (χ0) is 18.5. The molecular weight excluding hydrogens is 340 g/mol. The molecule has 0 aromatic heterocycles. The molecule has 0 saturated heterocycles. The molecule has 2 aromatic carbocycles. The number of amides is 1. The second kappa shape index (κ2) is 7.56. The van der Waals surface area contributed by atoms with Gasteiger partial charge in [0.1, 0.15) is 5.75 Å². The number of benzene rings is 2. The summed E-state index contributed by atoms with van der Waals surface area (Å²) in [5.74, 6) is 1.00.